The molecule has 2 heterocycles. The van der Waals surface area contributed by atoms with E-state index in [9.17, 15) is 9.59 Å². The standard InChI is InChI=1S/C15H23BrN4O3/c1-4-23-15(22)19-9-7-18(8-10-19)13(21)5-6-20-12(3)14(16)11(2)17-20/h4-10H2,1-3H3. The average Bonchev–Trinajstić information content (AvgIpc) is 2.80. The van der Waals surface area contributed by atoms with Crippen LogP contribution in [0.15, 0.2) is 4.47 Å². The molecule has 0 aliphatic carbocycles. The van der Waals surface area contributed by atoms with E-state index in [1.807, 2.05) is 18.5 Å². The highest BCUT2D eigenvalue weighted by atomic mass is 79.9. The zero-order valence-corrected chi connectivity index (χ0v) is 15.4. The largest absolute Gasteiger partial charge is 0.450 e. The summed E-state index contributed by atoms with van der Waals surface area (Å²) in [6.45, 7) is 8.79. The van der Waals surface area contributed by atoms with Crippen LogP contribution in [0.4, 0.5) is 4.79 Å². The van der Waals surface area contributed by atoms with Crippen molar-refractivity contribution < 1.29 is 14.3 Å². The molecule has 7 nitrogen and oxygen atoms in total. The summed E-state index contributed by atoms with van der Waals surface area (Å²) >= 11 is 3.49. The van der Waals surface area contributed by atoms with E-state index in [0.717, 1.165) is 15.9 Å². The first-order valence-electron chi connectivity index (χ1n) is 7.83. The van der Waals surface area contributed by atoms with Gasteiger partial charge in [-0.3, -0.25) is 9.48 Å². The minimum absolute atomic E-state index is 0.0946. The molecule has 1 saturated heterocycles. The van der Waals surface area contributed by atoms with E-state index in [-0.39, 0.29) is 12.0 Å². The molecule has 0 N–H and O–H groups in total. The van der Waals surface area contributed by atoms with Crippen LogP contribution in [0.1, 0.15) is 24.7 Å². The fourth-order valence-electron chi connectivity index (χ4n) is 2.61. The molecule has 0 bridgehead atoms. The van der Waals surface area contributed by atoms with Gasteiger partial charge >= 0.3 is 6.09 Å². The zero-order valence-electron chi connectivity index (χ0n) is 13.8. The molecule has 1 aliphatic rings. The smallest absolute Gasteiger partial charge is 0.409 e. The van der Waals surface area contributed by atoms with Crippen molar-refractivity contribution in [2.24, 2.45) is 0 Å². The molecule has 1 aliphatic heterocycles. The molecule has 0 unspecified atom stereocenters. The highest BCUT2D eigenvalue weighted by Crippen LogP contribution is 2.20. The average molecular weight is 387 g/mol. The number of rotatable bonds is 4. The summed E-state index contributed by atoms with van der Waals surface area (Å²) in [7, 11) is 0. The fourth-order valence-corrected chi connectivity index (χ4v) is 2.89. The van der Waals surface area contributed by atoms with Gasteiger partial charge < -0.3 is 14.5 Å². The molecule has 0 spiro atoms. The second-order valence-corrected chi connectivity index (χ2v) is 6.32. The molecule has 2 rings (SSSR count). The molecular weight excluding hydrogens is 364 g/mol. The first-order valence-corrected chi connectivity index (χ1v) is 8.62. The summed E-state index contributed by atoms with van der Waals surface area (Å²) in [5, 5.41) is 4.41. The number of aromatic nitrogens is 2. The molecular formula is C15H23BrN4O3. The van der Waals surface area contributed by atoms with Crippen molar-refractivity contribution >= 4 is 27.9 Å². The fraction of sp³-hybridized carbons (Fsp3) is 0.667. The number of hydrogen-bond acceptors (Lipinski definition) is 4. The molecule has 0 saturated carbocycles. The van der Waals surface area contributed by atoms with Gasteiger partial charge in [0.25, 0.3) is 0 Å². The van der Waals surface area contributed by atoms with E-state index < -0.39 is 0 Å². The summed E-state index contributed by atoms with van der Waals surface area (Å²) in [5.41, 5.74) is 1.96. The number of amides is 2. The minimum atomic E-state index is -0.299. The summed E-state index contributed by atoms with van der Waals surface area (Å²) in [5.74, 6) is 0.0946. The first-order chi connectivity index (χ1) is 10.9. The molecule has 0 radical (unpaired) electrons. The third kappa shape index (κ3) is 4.25. The van der Waals surface area contributed by atoms with Crippen LogP contribution in [-0.4, -0.2) is 64.4 Å². The van der Waals surface area contributed by atoms with Gasteiger partial charge in [-0.1, -0.05) is 0 Å². The van der Waals surface area contributed by atoms with Crippen LogP contribution in [0.25, 0.3) is 0 Å². The molecule has 128 valence electrons. The second-order valence-electron chi connectivity index (χ2n) is 5.52. The van der Waals surface area contributed by atoms with E-state index in [2.05, 4.69) is 21.0 Å². The molecule has 2 amide bonds. The van der Waals surface area contributed by atoms with Crippen LogP contribution < -0.4 is 0 Å². The van der Waals surface area contributed by atoms with Crippen molar-refractivity contribution in [3.63, 3.8) is 0 Å². The Morgan fingerprint density at radius 3 is 2.30 bits per heavy atom. The van der Waals surface area contributed by atoms with E-state index in [4.69, 9.17) is 4.74 Å². The van der Waals surface area contributed by atoms with Gasteiger partial charge in [0.05, 0.1) is 23.3 Å². The Balaban J connectivity index is 1.81. The van der Waals surface area contributed by atoms with Crippen molar-refractivity contribution in [2.45, 2.75) is 33.7 Å². The van der Waals surface area contributed by atoms with Crippen LogP contribution in [0, 0.1) is 13.8 Å². The van der Waals surface area contributed by atoms with Gasteiger partial charge in [0, 0.05) is 38.3 Å². The maximum absolute atomic E-state index is 12.3. The molecule has 0 aromatic carbocycles. The van der Waals surface area contributed by atoms with Gasteiger partial charge in [0.15, 0.2) is 0 Å². The molecule has 8 heteroatoms. The van der Waals surface area contributed by atoms with Crippen LogP contribution in [0.5, 0.6) is 0 Å². The number of nitrogens with zero attached hydrogens (tertiary/aromatic N) is 4. The third-order valence-electron chi connectivity index (χ3n) is 3.99. The lowest BCUT2D eigenvalue weighted by atomic mass is 10.3. The Bertz CT molecular complexity index is 580. The van der Waals surface area contributed by atoms with E-state index in [1.165, 1.54) is 0 Å². The Hall–Kier alpha value is -1.57. The Kier molecular flexibility index (Phi) is 6.04. The Labute approximate surface area is 144 Å². The van der Waals surface area contributed by atoms with Crippen molar-refractivity contribution in [1.82, 2.24) is 19.6 Å². The molecule has 1 aromatic heterocycles. The highest BCUT2D eigenvalue weighted by Gasteiger charge is 2.24. The summed E-state index contributed by atoms with van der Waals surface area (Å²) < 4.78 is 7.82. The van der Waals surface area contributed by atoms with Gasteiger partial charge in [-0.15, -0.1) is 0 Å². The number of piperazine rings is 1. The van der Waals surface area contributed by atoms with Crippen LogP contribution >= 0.6 is 15.9 Å². The normalized spacial score (nSPS) is 15.0. The predicted octanol–water partition coefficient (Wildman–Crippen LogP) is 1.95. The number of hydrogen-bond donors (Lipinski definition) is 0. The van der Waals surface area contributed by atoms with Crippen molar-refractivity contribution in [2.75, 3.05) is 32.8 Å². The monoisotopic (exact) mass is 386 g/mol. The maximum Gasteiger partial charge on any atom is 0.409 e. The predicted molar refractivity (Wildman–Crippen MR) is 89.2 cm³/mol. The number of carbonyl (C=O) groups excluding carboxylic acids is 2. The van der Waals surface area contributed by atoms with Crippen molar-refractivity contribution in [1.29, 1.82) is 0 Å². The number of halogens is 1. The van der Waals surface area contributed by atoms with E-state index >= 15 is 0 Å². The summed E-state index contributed by atoms with van der Waals surface area (Å²) in [6, 6.07) is 0. The SMILES string of the molecule is CCOC(=O)N1CCN(C(=O)CCn2nc(C)c(Br)c2C)CC1. The van der Waals surface area contributed by atoms with Crippen LogP contribution in [0.3, 0.4) is 0 Å². The number of carbonyl (C=O) groups is 2. The van der Waals surface area contributed by atoms with E-state index in [1.54, 1.807) is 16.7 Å². The first kappa shape index (κ1) is 17.8. The molecule has 0 atom stereocenters. The van der Waals surface area contributed by atoms with Gasteiger partial charge in [0.2, 0.25) is 5.91 Å². The zero-order chi connectivity index (χ0) is 17.0. The third-order valence-corrected chi connectivity index (χ3v) is 5.14. The Morgan fingerprint density at radius 1 is 1.17 bits per heavy atom. The highest BCUT2D eigenvalue weighted by molar-refractivity contribution is 9.10. The minimum Gasteiger partial charge on any atom is -0.450 e. The Morgan fingerprint density at radius 2 is 1.78 bits per heavy atom. The lowest BCUT2D eigenvalue weighted by Crippen LogP contribution is -2.50. The summed E-state index contributed by atoms with van der Waals surface area (Å²) in [4.78, 5) is 27.4. The van der Waals surface area contributed by atoms with Crippen molar-refractivity contribution in [3.05, 3.63) is 15.9 Å². The topological polar surface area (TPSA) is 67.7 Å². The summed E-state index contributed by atoms with van der Waals surface area (Å²) in [6.07, 6.45) is 0.112. The van der Waals surface area contributed by atoms with Gasteiger partial charge in [-0.25, -0.2) is 4.79 Å². The van der Waals surface area contributed by atoms with E-state index in [0.29, 0.717) is 45.8 Å². The quantitative estimate of drug-likeness (QED) is 0.792. The van der Waals surface area contributed by atoms with Crippen LogP contribution in [-0.2, 0) is 16.1 Å². The van der Waals surface area contributed by atoms with Crippen LogP contribution in [0.2, 0.25) is 0 Å². The number of ether oxygens (including phenoxy) is 1. The molecule has 1 aromatic rings. The lowest BCUT2D eigenvalue weighted by molar-refractivity contribution is -0.133. The molecule has 23 heavy (non-hydrogen) atoms. The van der Waals surface area contributed by atoms with Gasteiger partial charge in [-0.05, 0) is 36.7 Å². The van der Waals surface area contributed by atoms with Crippen molar-refractivity contribution in [3.8, 4) is 0 Å². The van der Waals surface area contributed by atoms with Gasteiger partial charge in [-0.2, -0.15) is 5.10 Å². The lowest BCUT2D eigenvalue weighted by Gasteiger charge is -2.34. The molecule has 1 fully saturated rings. The van der Waals surface area contributed by atoms with Gasteiger partial charge in [0.1, 0.15) is 0 Å². The maximum atomic E-state index is 12.3. The number of aryl methyl sites for hydroxylation is 2. The second kappa shape index (κ2) is 7.81.